The number of nitrogens with zero attached hydrogens (tertiary/aromatic N) is 1. The summed E-state index contributed by atoms with van der Waals surface area (Å²) in [4.78, 5) is 24.7. The van der Waals surface area contributed by atoms with Crippen LogP contribution in [0.2, 0.25) is 0 Å². The van der Waals surface area contributed by atoms with Crippen molar-refractivity contribution in [2.45, 2.75) is 96.1 Å². The highest BCUT2D eigenvalue weighted by Crippen LogP contribution is 2.21. The Labute approximate surface area is 152 Å². The molecule has 0 bridgehead atoms. The Hall–Kier alpha value is -1.36. The molecule has 25 heavy (non-hydrogen) atoms. The SMILES string of the molecule is CCCCCC(O)C=C[C@H]1CCCC(=O)N1CCCCCCC(=O)O. The highest BCUT2D eigenvalue weighted by Gasteiger charge is 2.25. The zero-order chi connectivity index (χ0) is 18.5. The normalized spacial score (nSPS) is 19.5. The van der Waals surface area contributed by atoms with Crippen LogP contribution in [-0.2, 0) is 9.59 Å². The molecule has 1 unspecified atom stereocenters. The van der Waals surface area contributed by atoms with E-state index in [0.717, 1.165) is 64.3 Å². The van der Waals surface area contributed by atoms with E-state index in [-0.39, 0.29) is 18.4 Å². The number of unbranched alkanes of at least 4 members (excludes halogenated alkanes) is 5. The van der Waals surface area contributed by atoms with E-state index in [2.05, 4.69) is 6.92 Å². The average molecular weight is 354 g/mol. The fourth-order valence-electron chi connectivity index (χ4n) is 3.31. The van der Waals surface area contributed by atoms with Crippen molar-refractivity contribution in [2.75, 3.05) is 6.54 Å². The first-order chi connectivity index (χ1) is 12.0. The van der Waals surface area contributed by atoms with Gasteiger partial charge in [0.05, 0.1) is 12.1 Å². The third kappa shape index (κ3) is 9.63. The summed E-state index contributed by atoms with van der Waals surface area (Å²) in [6, 6.07) is 0.0982. The van der Waals surface area contributed by atoms with Crippen molar-refractivity contribution in [3.05, 3.63) is 12.2 Å². The van der Waals surface area contributed by atoms with E-state index in [1.165, 1.54) is 0 Å². The summed E-state index contributed by atoms with van der Waals surface area (Å²) in [5.41, 5.74) is 0. The van der Waals surface area contributed by atoms with Crippen LogP contribution in [0.15, 0.2) is 12.2 Å². The van der Waals surface area contributed by atoms with Gasteiger partial charge >= 0.3 is 5.97 Å². The van der Waals surface area contributed by atoms with Crippen molar-refractivity contribution >= 4 is 11.9 Å². The molecule has 0 aromatic heterocycles. The number of carbonyl (C=O) groups is 2. The molecular formula is C20H35NO4. The first-order valence-electron chi connectivity index (χ1n) is 9.92. The number of hydrogen-bond acceptors (Lipinski definition) is 3. The maximum Gasteiger partial charge on any atom is 0.303 e. The Kier molecular flexibility index (Phi) is 11.2. The highest BCUT2D eigenvalue weighted by molar-refractivity contribution is 5.77. The van der Waals surface area contributed by atoms with E-state index in [9.17, 15) is 14.7 Å². The second-order valence-electron chi connectivity index (χ2n) is 7.05. The van der Waals surface area contributed by atoms with Gasteiger partial charge in [0.1, 0.15) is 0 Å². The lowest BCUT2D eigenvalue weighted by atomic mass is 9.99. The molecule has 0 spiro atoms. The molecule has 1 aliphatic rings. The Balaban J connectivity index is 2.36. The number of aliphatic hydroxyl groups is 1. The molecule has 0 radical (unpaired) electrons. The maximum atomic E-state index is 12.2. The molecule has 2 atom stereocenters. The Bertz CT molecular complexity index is 422. The summed E-state index contributed by atoms with van der Waals surface area (Å²) in [5, 5.41) is 18.7. The van der Waals surface area contributed by atoms with E-state index >= 15 is 0 Å². The van der Waals surface area contributed by atoms with Crippen LogP contribution in [0, 0.1) is 0 Å². The topological polar surface area (TPSA) is 77.8 Å². The van der Waals surface area contributed by atoms with Crippen LogP contribution < -0.4 is 0 Å². The summed E-state index contributed by atoms with van der Waals surface area (Å²) < 4.78 is 0. The van der Waals surface area contributed by atoms with Gasteiger partial charge in [0, 0.05) is 19.4 Å². The average Bonchev–Trinajstić information content (AvgIpc) is 2.57. The minimum atomic E-state index is -0.742. The van der Waals surface area contributed by atoms with Gasteiger partial charge in [0.25, 0.3) is 0 Å². The maximum absolute atomic E-state index is 12.2. The van der Waals surface area contributed by atoms with Gasteiger partial charge in [-0.2, -0.15) is 0 Å². The highest BCUT2D eigenvalue weighted by atomic mass is 16.4. The van der Waals surface area contributed by atoms with Crippen molar-refractivity contribution in [2.24, 2.45) is 0 Å². The smallest absolute Gasteiger partial charge is 0.303 e. The number of hydrogen-bond donors (Lipinski definition) is 2. The predicted octanol–water partition coefficient (Wildman–Crippen LogP) is 3.90. The number of piperidine rings is 1. The standard InChI is InChI=1S/C20H35NO4/c1-2-3-6-11-18(22)15-14-17-10-9-12-19(23)21(17)16-8-5-4-7-13-20(24)25/h14-15,17-18,22H,2-13,16H2,1H3,(H,24,25)/t17-,18?/m1/s1. The molecule has 1 rings (SSSR count). The van der Waals surface area contributed by atoms with Crippen molar-refractivity contribution < 1.29 is 19.8 Å². The van der Waals surface area contributed by atoms with Crippen LogP contribution in [0.3, 0.4) is 0 Å². The van der Waals surface area contributed by atoms with E-state index in [4.69, 9.17) is 5.11 Å². The van der Waals surface area contributed by atoms with Gasteiger partial charge in [-0.25, -0.2) is 0 Å². The summed E-state index contributed by atoms with van der Waals surface area (Å²) in [6.07, 6.45) is 13.7. The minimum Gasteiger partial charge on any atom is -0.481 e. The second-order valence-corrected chi connectivity index (χ2v) is 7.05. The number of aliphatic hydroxyl groups excluding tert-OH is 1. The molecule has 1 fully saturated rings. The molecule has 0 aliphatic carbocycles. The second kappa shape index (κ2) is 12.9. The Morgan fingerprint density at radius 2 is 2.00 bits per heavy atom. The number of carboxylic acids is 1. The van der Waals surface area contributed by atoms with Crippen LogP contribution in [0.25, 0.3) is 0 Å². The number of likely N-dealkylation sites (tertiary alicyclic amines) is 1. The van der Waals surface area contributed by atoms with Crippen LogP contribution in [-0.4, -0.2) is 45.7 Å². The lowest BCUT2D eigenvalue weighted by Crippen LogP contribution is -2.43. The number of carboxylic acid groups (broad SMARTS) is 1. The molecule has 5 heteroatoms. The zero-order valence-corrected chi connectivity index (χ0v) is 15.7. The van der Waals surface area contributed by atoms with Crippen LogP contribution in [0.5, 0.6) is 0 Å². The van der Waals surface area contributed by atoms with Crippen molar-refractivity contribution in [3.8, 4) is 0 Å². The molecule has 1 aliphatic heterocycles. The zero-order valence-electron chi connectivity index (χ0n) is 15.7. The molecular weight excluding hydrogens is 318 g/mol. The van der Waals surface area contributed by atoms with Gasteiger partial charge in [-0.3, -0.25) is 9.59 Å². The Morgan fingerprint density at radius 1 is 1.24 bits per heavy atom. The predicted molar refractivity (Wildman–Crippen MR) is 99.4 cm³/mol. The van der Waals surface area contributed by atoms with Gasteiger partial charge in [0.15, 0.2) is 0 Å². The molecule has 1 amide bonds. The quantitative estimate of drug-likeness (QED) is 0.389. The van der Waals surface area contributed by atoms with Crippen molar-refractivity contribution in [3.63, 3.8) is 0 Å². The van der Waals surface area contributed by atoms with E-state index in [1.807, 2.05) is 17.1 Å². The minimum absolute atomic E-state index is 0.0982. The van der Waals surface area contributed by atoms with E-state index in [0.29, 0.717) is 12.8 Å². The largest absolute Gasteiger partial charge is 0.481 e. The third-order valence-electron chi connectivity index (χ3n) is 4.81. The number of amides is 1. The number of carbonyl (C=O) groups excluding carboxylic acids is 1. The van der Waals surface area contributed by atoms with Crippen LogP contribution >= 0.6 is 0 Å². The monoisotopic (exact) mass is 353 g/mol. The van der Waals surface area contributed by atoms with Gasteiger partial charge in [-0.1, -0.05) is 51.2 Å². The Morgan fingerprint density at radius 3 is 2.72 bits per heavy atom. The first-order valence-corrected chi connectivity index (χ1v) is 9.92. The van der Waals surface area contributed by atoms with Crippen molar-refractivity contribution in [1.82, 2.24) is 4.90 Å². The van der Waals surface area contributed by atoms with Gasteiger partial charge in [-0.05, 0) is 32.1 Å². The number of aliphatic carboxylic acids is 1. The van der Waals surface area contributed by atoms with E-state index < -0.39 is 12.1 Å². The third-order valence-corrected chi connectivity index (χ3v) is 4.81. The summed E-state index contributed by atoms with van der Waals surface area (Å²) >= 11 is 0. The van der Waals surface area contributed by atoms with Crippen LogP contribution in [0.1, 0.15) is 84.0 Å². The summed E-state index contributed by atoms with van der Waals surface area (Å²) in [6.45, 7) is 2.88. The van der Waals surface area contributed by atoms with Gasteiger partial charge in [0.2, 0.25) is 5.91 Å². The molecule has 0 saturated carbocycles. The molecule has 5 nitrogen and oxygen atoms in total. The fourth-order valence-corrected chi connectivity index (χ4v) is 3.31. The number of rotatable bonds is 13. The summed E-state index contributed by atoms with van der Waals surface area (Å²) in [7, 11) is 0. The first kappa shape index (κ1) is 21.7. The molecule has 0 aromatic carbocycles. The van der Waals surface area contributed by atoms with E-state index in [1.54, 1.807) is 0 Å². The molecule has 0 aromatic rings. The molecule has 144 valence electrons. The molecule has 2 N–H and O–H groups in total. The van der Waals surface area contributed by atoms with Crippen molar-refractivity contribution in [1.29, 1.82) is 0 Å². The van der Waals surface area contributed by atoms with Gasteiger partial charge in [-0.15, -0.1) is 0 Å². The molecule has 1 saturated heterocycles. The van der Waals surface area contributed by atoms with Crippen LogP contribution in [0.4, 0.5) is 0 Å². The summed E-state index contributed by atoms with van der Waals surface area (Å²) in [5.74, 6) is -0.541. The lowest BCUT2D eigenvalue weighted by Gasteiger charge is -2.34. The fraction of sp³-hybridized carbons (Fsp3) is 0.800. The lowest BCUT2D eigenvalue weighted by molar-refractivity contribution is -0.137. The van der Waals surface area contributed by atoms with Gasteiger partial charge < -0.3 is 15.1 Å². The molecule has 1 heterocycles.